The Balaban J connectivity index is 1.49. The van der Waals surface area contributed by atoms with E-state index in [-0.39, 0.29) is 0 Å². The first-order valence-electron chi connectivity index (χ1n) is 9.58. The van der Waals surface area contributed by atoms with Gasteiger partial charge in [0.05, 0.1) is 10.7 Å². The lowest BCUT2D eigenvalue weighted by molar-refractivity contribution is 0.378. The van der Waals surface area contributed by atoms with E-state index in [2.05, 4.69) is 37.7 Å². The molecule has 3 aromatic rings. The van der Waals surface area contributed by atoms with E-state index in [4.69, 9.17) is 16.1 Å². The van der Waals surface area contributed by atoms with Crippen LogP contribution in [0.2, 0.25) is 5.02 Å². The van der Waals surface area contributed by atoms with E-state index in [1.54, 1.807) is 11.3 Å². The molecule has 1 aromatic carbocycles. The van der Waals surface area contributed by atoms with Crippen molar-refractivity contribution in [1.82, 2.24) is 25.8 Å². The number of nitrogens with zero attached hydrogens (tertiary/aromatic N) is 4. The van der Waals surface area contributed by atoms with E-state index in [9.17, 15) is 0 Å². The number of guanidine groups is 1. The van der Waals surface area contributed by atoms with Gasteiger partial charge in [0.25, 0.3) is 0 Å². The van der Waals surface area contributed by atoms with Gasteiger partial charge in [-0.1, -0.05) is 16.8 Å². The summed E-state index contributed by atoms with van der Waals surface area (Å²) in [6.07, 6.45) is 1.44. The molecule has 2 heterocycles. The van der Waals surface area contributed by atoms with Crippen LogP contribution in [0.5, 0.6) is 0 Å². The van der Waals surface area contributed by atoms with E-state index in [1.807, 2.05) is 38.1 Å². The summed E-state index contributed by atoms with van der Waals surface area (Å²) in [6, 6.07) is 7.36. The first kappa shape index (κ1) is 21.3. The van der Waals surface area contributed by atoms with Crippen molar-refractivity contribution in [2.45, 2.75) is 33.6 Å². The van der Waals surface area contributed by atoms with Gasteiger partial charge in [0.2, 0.25) is 11.7 Å². The standard InChI is InChI=1S/C20H25ClN6OS/c1-4-22-20(24-12-10-18-25-13(2)14(3)29-18)23-11-9-17-26-19(27-28-17)15-5-7-16(21)8-6-15/h5-8H,4,9-12H2,1-3H3,(H2,22,23,24). The maximum absolute atomic E-state index is 5.91. The summed E-state index contributed by atoms with van der Waals surface area (Å²) in [4.78, 5) is 14.9. The van der Waals surface area contributed by atoms with Gasteiger partial charge in [-0.2, -0.15) is 4.98 Å². The third-order valence-corrected chi connectivity index (χ3v) is 5.60. The second kappa shape index (κ2) is 10.4. The zero-order chi connectivity index (χ0) is 20.6. The minimum absolute atomic E-state index is 0.561. The van der Waals surface area contributed by atoms with Crippen molar-refractivity contribution in [2.24, 2.45) is 4.99 Å². The van der Waals surface area contributed by atoms with Crippen LogP contribution in [0, 0.1) is 13.8 Å². The topological polar surface area (TPSA) is 88.2 Å². The third kappa shape index (κ3) is 6.27. The fourth-order valence-corrected chi connectivity index (χ4v) is 3.66. The van der Waals surface area contributed by atoms with Crippen molar-refractivity contribution in [3.63, 3.8) is 0 Å². The van der Waals surface area contributed by atoms with Crippen molar-refractivity contribution < 1.29 is 4.52 Å². The molecule has 29 heavy (non-hydrogen) atoms. The number of rotatable bonds is 8. The largest absolute Gasteiger partial charge is 0.357 e. The van der Waals surface area contributed by atoms with Gasteiger partial charge in [0, 0.05) is 47.9 Å². The molecule has 2 aromatic heterocycles. The first-order chi connectivity index (χ1) is 14.0. The van der Waals surface area contributed by atoms with E-state index < -0.39 is 0 Å². The lowest BCUT2D eigenvalue weighted by Crippen LogP contribution is -2.38. The third-order valence-electron chi connectivity index (χ3n) is 4.21. The molecule has 0 unspecified atom stereocenters. The monoisotopic (exact) mass is 432 g/mol. The molecule has 0 spiro atoms. The number of hydrogen-bond acceptors (Lipinski definition) is 6. The number of nitrogens with one attached hydrogen (secondary N) is 2. The zero-order valence-corrected chi connectivity index (χ0v) is 18.4. The molecule has 154 valence electrons. The van der Waals surface area contributed by atoms with Gasteiger partial charge in [-0.3, -0.25) is 4.99 Å². The quantitative estimate of drug-likeness (QED) is 0.415. The van der Waals surface area contributed by atoms with Gasteiger partial charge >= 0.3 is 0 Å². The lowest BCUT2D eigenvalue weighted by atomic mass is 10.2. The number of benzene rings is 1. The van der Waals surface area contributed by atoms with Gasteiger partial charge in [-0.25, -0.2) is 4.98 Å². The maximum atomic E-state index is 5.91. The van der Waals surface area contributed by atoms with Gasteiger partial charge in [0.15, 0.2) is 5.96 Å². The Morgan fingerprint density at radius 2 is 1.93 bits per heavy atom. The van der Waals surface area contributed by atoms with Gasteiger partial charge in [-0.15, -0.1) is 11.3 Å². The molecule has 2 N–H and O–H groups in total. The summed E-state index contributed by atoms with van der Waals surface area (Å²) >= 11 is 7.65. The minimum Gasteiger partial charge on any atom is -0.357 e. The molecular weight excluding hydrogens is 408 g/mol. The Kier molecular flexibility index (Phi) is 7.60. The van der Waals surface area contributed by atoms with Crippen LogP contribution in [0.25, 0.3) is 11.4 Å². The average Bonchev–Trinajstić information content (AvgIpc) is 3.29. The molecule has 0 bridgehead atoms. The summed E-state index contributed by atoms with van der Waals surface area (Å²) in [5.41, 5.74) is 1.98. The Bertz CT molecular complexity index is 931. The molecular formula is C20H25ClN6OS. The van der Waals surface area contributed by atoms with Crippen molar-refractivity contribution in [1.29, 1.82) is 0 Å². The SMILES string of the molecule is CCNC(=NCCc1nc(C)c(C)s1)NCCc1nc(-c2ccc(Cl)cc2)no1. The highest BCUT2D eigenvalue weighted by Gasteiger charge is 2.09. The van der Waals surface area contributed by atoms with E-state index in [0.29, 0.717) is 36.2 Å². The second-order valence-corrected chi connectivity index (χ2v) is 8.18. The Morgan fingerprint density at radius 3 is 2.62 bits per heavy atom. The number of hydrogen-bond donors (Lipinski definition) is 2. The molecule has 0 saturated carbocycles. The highest BCUT2D eigenvalue weighted by atomic mass is 35.5. The second-order valence-electron chi connectivity index (χ2n) is 6.46. The molecule has 0 aliphatic heterocycles. The van der Waals surface area contributed by atoms with E-state index in [0.717, 1.165) is 35.2 Å². The normalized spacial score (nSPS) is 11.7. The minimum atomic E-state index is 0.561. The van der Waals surface area contributed by atoms with Crippen molar-refractivity contribution >= 4 is 28.9 Å². The summed E-state index contributed by atoms with van der Waals surface area (Å²) in [7, 11) is 0. The number of aliphatic imine (C=N–C) groups is 1. The van der Waals surface area contributed by atoms with Gasteiger partial charge in [0.1, 0.15) is 0 Å². The summed E-state index contributed by atoms with van der Waals surface area (Å²) < 4.78 is 5.34. The van der Waals surface area contributed by atoms with Gasteiger partial charge < -0.3 is 15.2 Å². The van der Waals surface area contributed by atoms with Crippen LogP contribution in [0.4, 0.5) is 0 Å². The van der Waals surface area contributed by atoms with Crippen LogP contribution >= 0.6 is 22.9 Å². The number of aromatic nitrogens is 3. The molecule has 0 radical (unpaired) electrons. The van der Waals surface area contributed by atoms with Crippen LogP contribution in [0.1, 0.15) is 28.4 Å². The maximum Gasteiger partial charge on any atom is 0.228 e. The Hall–Kier alpha value is -2.45. The molecule has 0 saturated heterocycles. The van der Waals surface area contributed by atoms with Gasteiger partial charge in [-0.05, 0) is 45.0 Å². The molecule has 0 atom stereocenters. The fraction of sp³-hybridized carbons (Fsp3) is 0.400. The predicted octanol–water partition coefficient (Wildman–Crippen LogP) is 3.80. The van der Waals surface area contributed by atoms with Crippen molar-refractivity contribution in [3.8, 4) is 11.4 Å². The van der Waals surface area contributed by atoms with Crippen LogP contribution in [-0.2, 0) is 12.8 Å². The highest BCUT2D eigenvalue weighted by molar-refractivity contribution is 7.11. The Morgan fingerprint density at radius 1 is 1.14 bits per heavy atom. The number of halogens is 1. The van der Waals surface area contributed by atoms with Crippen LogP contribution in [0.3, 0.4) is 0 Å². The number of thiazole rings is 1. The highest BCUT2D eigenvalue weighted by Crippen LogP contribution is 2.19. The van der Waals surface area contributed by atoms with Crippen LogP contribution < -0.4 is 10.6 Å². The van der Waals surface area contributed by atoms with Crippen LogP contribution in [-0.4, -0.2) is 40.7 Å². The molecule has 0 amide bonds. The average molecular weight is 433 g/mol. The van der Waals surface area contributed by atoms with E-state index >= 15 is 0 Å². The Labute approximate surface area is 179 Å². The first-order valence-corrected chi connectivity index (χ1v) is 10.8. The molecule has 9 heteroatoms. The zero-order valence-electron chi connectivity index (χ0n) is 16.8. The van der Waals surface area contributed by atoms with E-state index in [1.165, 1.54) is 4.88 Å². The summed E-state index contributed by atoms with van der Waals surface area (Å²) in [5.74, 6) is 1.91. The molecule has 3 rings (SSSR count). The summed E-state index contributed by atoms with van der Waals surface area (Å²) in [6.45, 7) is 8.30. The van der Waals surface area contributed by atoms with Crippen molar-refractivity contribution in [2.75, 3.05) is 19.6 Å². The summed E-state index contributed by atoms with van der Waals surface area (Å²) in [5, 5.41) is 12.4. The molecule has 0 fully saturated rings. The molecule has 0 aliphatic rings. The van der Waals surface area contributed by atoms with Crippen LogP contribution in [0.15, 0.2) is 33.8 Å². The fourth-order valence-electron chi connectivity index (χ4n) is 2.61. The molecule has 0 aliphatic carbocycles. The number of aryl methyl sites for hydroxylation is 2. The smallest absolute Gasteiger partial charge is 0.228 e. The lowest BCUT2D eigenvalue weighted by Gasteiger charge is -2.09. The molecule has 7 nitrogen and oxygen atoms in total. The van der Waals surface area contributed by atoms with Crippen molar-refractivity contribution in [3.05, 3.63) is 50.8 Å². The predicted molar refractivity (Wildman–Crippen MR) is 118 cm³/mol.